The normalized spacial score (nSPS) is 16.1. The molecule has 10 amide bonds. The Labute approximate surface area is 860 Å². The molecule has 0 saturated carbocycles. The van der Waals surface area contributed by atoms with Gasteiger partial charge in [0.2, 0.25) is 29.5 Å². The number of para-hydroxylation sites is 6. The van der Waals surface area contributed by atoms with Gasteiger partial charge in [0, 0.05) is 117 Å². The largest absolute Gasteiger partial charge is 0.388 e. The van der Waals surface area contributed by atoms with Crippen molar-refractivity contribution in [3.8, 4) is 30.3 Å². The number of pyridine rings is 5. The minimum Gasteiger partial charge on any atom is -0.388 e. The number of carbonyl (C=O) groups is 10. The molecule has 7 aromatic carbocycles. The molecule has 12 aromatic rings. The number of ether oxygens (including phenoxy) is 1. The van der Waals surface area contributed by atoms with Crippen LogP contribution < -0.4 is 31.9 Å². The van der Waals surface area contributed by atoms with Crippen LogP contribution in [0.5, 0.6) is 0 Å². The van der Waals surface area contributed by atoms with Gasteiger partial charge in [-0.1, -0.05) is 214 Å². The number of fused-ring (bicyclic) bond motifs is 5. The van der Waals surface area contributed by atoms with Crippen LogP contribution in [0.25, 0.3) is 54.5 Å². The van der Waals surface area contributed by atoms with Gasteiger partial charge in [-0.3, -0.25) is 72.9 Å². The first kappa shape index (κ1) is 122. The van der Waals surface area contributed by atoms with Gasteiger partial charge >= 0.3 is 0 Å². The average molecular weight is 2030 g/mol. The molecule has 5 aliphatic heterocycles. The van der Waals surface area contributed by atoms with E-state index in [9.17, 15) is 69.9 Å². The number of methoxy groups -OCH3 is 1. The number of nitrogens with one attached hydrogen (secondary N) is 6. The van der Waals surface area contributed by atoms with Gasteiger partial charge < -0.3 is 61.1 Å². The topological polar surface area (TPSA) is 452 Å². The van der Waals surface area contributed by atoms with E-state index >= 15 is 0 Å². The minimum absolute atomic E-state index is 0.0190. The summed E-state index contributed by atoms with van der Waals surface area (Å²) >= 11 is 0. The Bertz CT molecular complexity index is 6250. The van der Waals surface area contributed by atoms with Crippen molar-refractivity contribution < 1.29 is 74.6 Å². The lowest BCUT2D eigenvalue weighted by Gasteiger charge is -2.19. The van der Waals surface area contributed by atoms with Crippen molar-refractivity contribution >= 4 is 119 Å². The highest BCUT2D eigenvalue weighted by molar-refractivity contribution is 6.11. The first-order valence-corrected chi connectivity index (χ1v) is 48.7. The zero-order chi connectivity index (χ0) is 109. The van der Waals surface area contributed by atoms with Gasteiger partial charge in [-0.2, -0.15) is 26.3 Å². The molecule has 6 N–H and O–H groups in total. The zero-order valence-electron chi connectivity index (χ0n) is 85.7. The van der Waals surface area contributed by atoms with Crippen LogP contribution in [0, 0.1) is 63.6 Å². The number of benzene rings is 7. The number of rotatable bonds is 16. The number of hydrogen-bond donors (Lipinski definition) is 6. The summed E-state index contributed by atoms with van der Waals surface area (Å²) in [6, 6.07) is 69.8. The van der Waals surface area contributed by atoms with Crippen molar-refractivity contribution in [1.29, 1.82) is 26.3 Å². The number of hydrogen-bond acceptors (Lipinski definition) is 22. The van der Waals surface area contributed by atoms with E-state index in [1.54, 1.807) is 124 Å². The monoisotopic (exact) mass is 2030 g/mol. The lowest BCUT2D eigenvalue weighted by Crippen LogP contribution is -2.43. The lowest BCUT2D eigenvalue weighted by molar-refractivity contribution is -0.132. The number of amides is 10. The number of anilines is 1. The molecule has 0 spiro atoms. The van der Waals surface area contributed by atoms with Gasteiger partial charge in [-0.25, -0.2) is 22.0 Å². The van der Waals surface area contributed by atoms with Crippen molar-refractivity contribution in [3.05, 3.63) is 277 Å². The third-order valence-electron chi connectivity index (χ3n) is 22.1. The van der Waals surface area contributed by atoms with E-state index in [2.05, 4.69) is 92.8 Å². The fraction of sp³-hybridized carbons (Fsp3) is 0.351. The van der Waals surface area contributed by atoms with Gasteiger partial charge in [0.15, 0.2) is 0 Å². The second-order valence-electron chi connectivity index (χ2n) is 31.7. The fourth-order valence-electron chi connectivity index (χ4n) is 15.3. The number of nitrogens with zero attached hydrogens (tertiary/aromatic N) is 15. The van der Waals surface area contributed by atoms with Crippen LogP contribution in [-0.2, 0) is 28.7 Å². The number of alkyl halides is 5. The van der Waals surface area contributed by atoms with Gasteiger partial charge in [0.05, 0.1) is 138 Å². The van der Waals surface area contributed by atoms with E-state index in [-0.39, 0.29) is 68.3 Å². The molecule has 32 nitrogen and oxygen atoms in total. The Hall–Kier alpha value is -16.9. The Balaban J connectivity index is 0.000000305. The molecule has 5 fully saturated rings. The summed E-state index contributed by atoms with van der Waals surface area (Å²) < 4.78 is 71.2. The lowest BCUT2D eigenvalue weighted by atomic mass is 10.1. The highest BCUT2D eigenvalue weighted by Gasteiger charge is 2.49. The van der Waals surface area contributed by atoms with Crippen molar-refractivity contribution in [2.24, 2.45) is 0 Å². The van der Waals surface area contributed by atoms with Gasteiger partial charge in [0.25, 0.3) is 41.4 Å². The third kappa shape index (κ3) is 36.5. The summed E-state index contributed by atoms with van der Waals surface area (Å²) in [7, 11) is 5.16. The number of aryl methyl sites for hydroxylation is 1. The molecule has 778 valence electrons. The Morgan fingerprint density at radius 2 is 0.581 bits per heavy atom. The number of aromatic nitrogens is 5. The zero-order valence-corrected chi connectivity index (χ0v) is 85.7. The predicted molar refractivity (Wildman–Crippen MR) is 560 cm³/mol. The molecule has 37 heteroatoms. The first-order valence-electron chi connectivity index (χ1n) is 48.7. The Kier molecular flexibility index (Phi) is 53.2. The van der Waals surface area contributed by atoms with E-state index in [1.165, 1.54) is 51.0 Å². The van der Waals surface area contributed by atoms with Crippen molar-refractivity contribution in [1.82, 2.24) is 76.0 Å². The molecule has 5 aromatic heterocycles. The molecule has 4 unspecified atom stereocenters. The summed E-state index contributed by atoms with van der Waals surface area (Å²) in [5, 5.41) is 64.0. The number of carbonyl (C=O) groups excluding carboxylic acids is 10. The van der Waals surface area contributed by atoms with Crippen LogP contribution >= 0.6 is 0 Å². The summed E-state index contributed by atoms with van der Waals surface area (Å²) in [5.74, 6) is -10.6. The molecule has 0 radical (unpaired) electrons. The van der Waals surface area contributed by atoms with Crippen LogP contribution in [0.1, 0.15) is 172 Å². The molecule has 17 rings (SSSR count). The van der Waals surface area contributed by atoms with Crippen LogP contribution in [-0.4, -0.2) is 243 Å². The van der Waals surface area contributed by atoms with E-state index in [4.69, 9.17) is 26.3 Å². The maximum Gasteiger partial charge on any atom is 0.268 e. The number of halogens is 5. The maximum atomic E-state index is 13.4. The summed E-state index contributed by atoms with van der Waals surface area (Å²) in [5.41, 5.74) is 7.94. The highest BCUT2D eigenvalue weighted by atomic mass is 19.3. The molecule has 5 aliphatic rings. The van der Waals surface area contributed by atoms with Crippen molar-refractivity contribution in [3.63, 3.8) is 0 Å². The second kappa shape index (κ2) is 64.7. The maximum absolute atomic E-state index is 13.4. The smallest absolute Gasteiger partial charge is 0.268 e. The second-order valence-corrected chi connectivity index (χ2v) is 31.7. The Morgan fingerprint density at radius 1 is 0.345 bits per heavy atom. The molecule has 0 aliphatic carbocycles. The standard InChI is InChI=1S/2C17H14F2N4O2.C17H15FN4O2.2C17H16N4O2.C7H9N.C7H8.C2H6O.5C2H6/c2*18-17(19)7-11(8-20)23(10-17)15(24)9-22-16(25)13-5-6-21-14-4-2-1-3-12(13)14;18-11-7-12(8-19)22(10-11)16(23)9-21-17(24)14-5-6-20-15-4-2-1-3-13(14)15;2*18-10-12-4-3-9-21(12)16(22)11-20-17(23)14-7-8-19-15-6-2-1-5-13(14)15;1-8-7-5-3-2-4-6-7;1-7-5-3-2-4-6-7;1-3-2;5*1-2/h2*1-6,11H,7,9-10H2,(H,22,25);1-6,11-12H,7,9-10H2,(H,21,24);2*1-2,5-8,12H,3-4,9,11H2,(H,20,23);2-6,8H,1H3;2-6H,1H3;1-2H3;5*1-2H3/t;;;2*12-;;;;;;;;/m...00......../s1. The molecule has 6 atom stereocenters. The summed E-state index contributed by atoms with van der Waals surface area (Å²) in [6.45, 7) is 20.1. The van der Waals surface area contributed by atoms with Crippen molar-refractivity contribution in [2.45, 2.75) is 169 Å². The van der Waals surface area contributed by atoms with Crippen LogP contribution in [0.3, 0.4) is 0 Å². The van der Waals surface area contributed by atoms with E-state index in [0.717, 1.165) is 50.1 Å². The van der Waals surface area contributed by atoms with E-state index in [1.807, 2.05) is 185 Å². The minimum atomic E-state index is -3.08. The summed E-state index contributed by atoms with van der Waals surface area (Å²) in [6.07, 6.45) is 8.14. The first-order chi connectivity index (χ1) is 71.6. The van der Waals surface area contributed by atoms with E-state index < -0.39 is 111 Å². The van der Waals surface area contributed by atoms with Crippen LogP contribution in [0.2, 0.25) is 0 Å². The van der Waals surface area contributed by atoms with Crippen LogP contribution in [0.4, 0.5) is 27.6 Å². The van der Waals surface area contributed by atoms with Crippen molar-refractivity contribution in [2.75, 3.05) is 92.0 Å². The molecule has 5 saturated heterocycles. The predicted octanol–water partition coefficient (Wildman–Crippen LogP) is 17.0. The average Bonchev–Trinajstić information content (AvgIpc) is 1.75. The van der Waals surface area contributed by atoms with Gasteiger partial charge in [-0.15, -0.1) is 0 Å². The molecule has 10 heterocycles. The van der Waals surface area contributed by atoms with Gasteiger partial charge in [-0.05, 0) is 105 Å². The SMILES string of the molecule is CC.CC.CC.CC.CC.CNc1ccccc1.COC.Cc1ccccc1.N#CC1CC(F)(F)CN1C(=O)CNC(=O)c1ccnc2ccccc12.N#CC1CC(F)(F)CN1C(=O)CNC(=O)c1ccnc2ccccc12.N#CC1CC(F)CN1C(=O)CNC(=O)c1ccnc2ccccc12.N#C[C@@H]1CCCN1C(=O)CNC(=O)c1ccnc2ccccc12.N#C[C@@H]1CCCN1C(=O)CNC(=O)c1ccnc2ccccc12. The quantitative estimate of drug-likeness (QED) is 0.0489. The van der Waals surface area contributed by atoms with E-state index in [0.29, 0.717) is 86.5 Å². The summed E-state index contributed by atoms with van der Waals surface area (Å²) in [4.78, 5) is 149. The van der Waals surface area contributed by atoms with Gasteiger partial charge in [0.1, 0.15) is 36.4 Å². The fourth-order valence-corrected chi connectivity index (χ4v) is 15.3. The highest BCUT2D eigenvalue weighted by Crippen LogP contribution is 2.34. The molecular formula is C111H128F5N21O11. The number of nitriles is 5. The number of likely N-dealkylation sites (tertiary alicyclic amines) is 5. The molecular weight excluding hydrogens is 1900 g/mol. The molecule has 148 heavy (non-hydrogen) atoms. The Morgan fingerprint density at radius 3 is 0.818 bits per heavy atom. The third-order valence-corrected chi connectivity index (χ3v) is 22.1. The van der Waals surface area contributed by atoms with Crippen LogP contribution in [0.15, 0.2) is 243 Å². The molecule has 0 bridgehead atoms.